The van der Waals surface area contributed by atoms with Crippen LogP contribution in [0.4, 0.5) is 5.82 Å². The number of imidazole rings is 1. The Morgan fingerprint density at radius 3 is 2.61 bits per heavy atom. The second-order valence-electron chi connectivity index (χ2n) is 5.14. The van der Waals surface area contributed by atoms with Gasteiger partial charge in [-0.05, 0) is 39.3 Å². The van der Waals surface area contributed by atoms with Gasteiger partial charge >= 0.3 is 5.97 Å². The number of nitrogens with one attached hydrogen (secondary N) is 2. The number of H-pyrrole nitrogens is 1. The third-order valence-corrected chi connectivity index (χ3v) is 4.65. The van der Waals surface area contributed by atoms with E-state index in [4.69, 9.17) is 4.74 Å². The van der Waals surface area contributed by atoms with E-state index in [0.29, 0.717) is 11.4 Å². The van der Waals surface area contributed by atoms with E-state index in [1.807, 2.05) is 6.92 Å². The lowest BCUT2D eigenvalue weighted by Gasteiger charge is -2.10. The first-order chi connectivity index (χ1) is 10.7. The fourth-order valence-electron chi connectivity index (χ4n) is 2.20. The first-order valence-electron chi connectivity index (χ1n) is 7.08. The summed E-state index contributed by atoms with van der Waals surface area (Å²) >= 11 is 0. The van der Waals surface area contributed by atoms with E-state index in [1.54, 1.807) is 32.9 Å². The van der Waals surface area contributed by atoms with E-state index in [1.165, 1.54) is 6.07 Å². The minimum atomic E-state index is -3.86. The van der Waals surface area contributed by atoms with E-state index in [9.17, 15) is 13.2 Å². The zero-order chi connectivity index (χ0) is 17.2. The lowest BCUT2D eigenvalue weighted by molar-refractivity contribution is 0.0521. The largest absolute Gasteiger partial charge is 0.461 e. The van der Waals surface area contributed by atoms with Crippen molar-refractivity contribution in [3.8, 4) is 0 Å². The topological polar surface area (TPSA) is 101 Å². The number of aryl methyl sites for hydroxylation is 3. The van der Waals surface area contributed by atoms with Crippen molar-refractivity contribution in [2.75, 3.05) is 11.3 Å². The number of nitrogens with zero attached hydrogens (tertiary/aromatic N) is 1. The minimum absolute atomic E-state index is 0.0160. The van der Waals surface area contributed by atoms with Crippen LogP contribution in [0.15, 0.2) is 23.1 Å². The summed E-state index contributed by atoms with van der Waals surface area (Å²) in [6, 6.07) is 5.01. The third-order valence-electron chi connectivity index (χ3n) is 3.15. The molecule has 0 radical (unpaired) electrons. The predicted molar refractivity (Wildman–Crippen MR) is 86.0 cm³/mol. The van der Waals surface area contributed by atoms with Crippen LogP contribution in [-0.4, -0.2) is 31.0 Å². The van der Waals surface area contributed by atoms with Gasteiger partial charge in [0, 0.05) is 0 Å². The number of aromatic nitrogens is 2. The summed E-state index contributed by atoms with van der Waals surface area (Å²) in [5.74, 6) is -0.321. The van der Waals surface area contributed by atoms with Crippen molar-refractivity contribution in [2.24, 2.45) is 0 Å². The third kappa shape index (κ3) is 3.70. The van der Waals surface area contributed by atoms with Crippen LogP contribution in [0.3, 0.4) is 0 Å². The first-order valence-corrected chi connectivity index (χ1v) is 8.56. The number of anilines is 1. The average molecular weight is 337 g/mol. The highest BCUT2D eigenvalue weighted by molar-refractivity contribution is 7.92. The number of esters is 1. The summed E-state index contributed by atoms with van der Waals surface area (Å²) < 4.78 is 32.4. The summed E-state index contributed by atoms with van der Waals surface area (Å²) in [5.41, 5.74) is 1.56. The van der Waals surface area contributed by atoms with Crippen molar-refractivity contribution in [3.05, 3.63) is 40.8 Å². The van der Waals surface area contributed by atoms with Crippen molar-refractivity contribution >= 4 is 21.8 Å². The summed E-state index contributed by atoms with van der Waals surface area (Å²) in [5, 5.41) is 0. The van der Waals surface area contributed by atoms with Crippen molar-refractivity contribution in [3.63, 3.8) is 0 Å². The van der Waals surface area contributed by atoms with Crippen LogP contribution >= 0.6 is 0 Å². The molecule has 0 saturated carbocycles. The molecule has 0 aliphatic heterocycles. The molecule has 0 saturated heterocycles. The minimum Gasteiger partial charge on any atom is -0.461 e. The maximum atomic E-state index is 12.6. The molecule has 0 aliphatic carbocycles. The Bertz CT molecular complexity index is 840. The van der Waals surface area contributed by atoms with Gasteiger partial charge in [0.2, 0.25) is 0 Å². The Labute approximate surface area is 135 Å². The summed E-state index contributed by atoms with van der Waals surface area (Å²) in [7, 11) is -3.86. The molecule has 2 rings (SSSR count). The van der Waals surface area contributed by atoms with E-state index in [2.05, 4.69) is 14.7 Å². The molecular weight excluding hydrogens is 318 g/mol. The normalized spacial score (nSPS) is 11.3. The number of carbonyl (C=O) groups is 1. The van der Waals surface area contributed by atoms with Crippen LogP contribution in [0.2, 0.25) is 0 Å². The van der Waals surface area contributed by atoms with E-state index in [0.717, 1.165) is 5.56 Å². The Kier molecular flexibility index (Phi) is 4.74. The number of rotatable bonds is 5. The summed E-state index contributed by atoms with van der Waals surface area (Å²) in [4.78, 5) is 18.8. The van der Waals surface area contributed by atoms with Gasteiger partial charge in [-0.25, -0.2) is 18.2 Å². The molecule has 0 spiro atoms. The number of hydrogen-bond acceptors (Lipinski definition) is 5. The van der Waals surface area contributed by atoms with Crippen LogP contribution < -0.4 is 4.72 Å². The van der Waals surface area contributed by atoms with Crippen LogP contribution in [0.1, 0.15) is 34.4 Å². The van der Waals surface area contributed by atoms with Crippen molar-refractivity contribution in [1.82, 2.24) is 9.97 Å². The quantitative estimate of drug-likeness (QED) is 0.815. The van der Waals surface area contributed by atoms with Crippen LogP contribution in [0.5, 0.6) is 0 Å². The second-order valence-corrected chi connectivity index (χ2v) is 6.79. The molecular formula is C15H19N3O4S. The van der Waals surface area contributed by atoms with Gasteiger partial charge < -0.3 is 9.72 Å². The van der Waals surface area contributed by atoms with Gasteiger partial charge in [-0.2, -0.15) is 0 Å². The van der Waals surface area contributed by atoms with Crippen molar-refractivity contribution in [2.45, 2.75) is 32.6 Å². The lowest BCUT2D eigenvalue weighted by Crippen LogP contribution is -2.17. The number of sulfonamides is 1. The van der Waals surface area contributed by atoms with Gasteiger partial charge in [0.05, 0.1) is 11.5 Å². The molecule has 0 amide bonds. The van der Waals surface area contributed by atoms with Crippen LogP contribution in [0.25, 0.3) is 0 Å². The molecule has 0 atom stereocenters. The number of benzene rings is 1. The van der Waals surface area contributed by atoms with E-state index < -0.39 is 16.0 Å². The molecule has 0 unspecified atom stereocenters. The maximum absolute atomic E-state index is 12.6. The molecule has 7 nitrogen and oxygen atoms in total. The van der Waals surface area contributed by atoms with Gasteiger partial charge in [0.25, 0.3) is 10.0 Å². The van der Waals surface area contributed by atoms with Crippen LogP contribution in [0, 0.1) is 20.8 Å². The smallest absolute Gasteiger partial charge is 0.358 e. The summed E-state index contributed by atoms with van der Waals surface area (Å²) in [6.07, 6.45) is 0. The van der Waals surface area contributed by atoms with E-state index >= 15 is 0 Å². The Balaban J connectivity index is 2.40. The van der Waals surface area contributed by atoms with Gasteiger partial charge in [-0.15, -0.1) is 0 Å². The molecule has 1 heterocycles. The summed E-state index contributed by atoms with van der Waals surface area (Å²) in [6.45, 7) is 7.06. The molecule has 1 aromatic carbocycles. The van der Waals surface area contributed by atoms with Gasteiger partial charge in [0.1, 0.15) is 5.82 Å². The highest BCUT2D eigenvalue weighted by atomic mass is 32.2. The molecule has 23 heavy (non-hydrogen) atoms. The SMILES string of the molecule is CCOC(=O)c1[nH]c(C)nc1NS(=O)(=O)c1ccc(C)cc1C. The number of ether oxygens (including phenoxy) is 1. The van der Waals surface area contributed by atoms with Crippen molar-refractivity contribution < 1.29 is 17.9 Å². The highest BCUT2D eigenvalue weighted by Crippen LogP contribution is 2.22. The van der Waals surface area contributed by atoms with Crippen molar-refractivity contribution in [1.29, 1.82) is 0 Å². The van der Waals surface area contributed by atoms with Crippen LogP contribution in [-0.2, 0) is 14.8 Å². The maximum Gasteiger partial charge on any atom is 0.358 e. The predicted octanol–water partition coefficient (Wildman–Crippen LogP) is 2.31. The monoisotopic (exact) mass is 337 g/mol. The average Bonchev–Trinajstić information content (AvgIpc) is 2.78. The molecule has 1 aromatic heterocycles. The molecule has 124 valence electrons. The number of aromatic amines is 1. The highest BCUT2D eigenvalue weighted by Gasteiger charge is 2.24. The van der Waals surface area contributed by atoms with Gasteiger partial charge in [-0.3, -0.25) is 4.72 Å². The Morgan fingerprint density at radius 1 is 1.30 bits per heavy atom. The number of carbonyl (C=O) groups excluding carboxylic acids is 1. The lowest BCUT2D eigenvalue weighted by atomic mass is 10.2. The van der Waals surface area contributed by atoms with E-state index in [-0.39, 0.29) is 23.0 Å². The molecule has 0 bridgehead atoms. The zero-order valence-corrected chi connectivity index (χ0v) is 14.2. The number of hydrogen-bond donors (Lipinski definition) is 2. The van der Waals surface area contributed by atoms with Gasteiger partial charge in [0.15, 0.2) is 11.5 Å². The molecule has 2 aromatic rings. The fourth-order valence-corrected chi connectivity index (χ4v) is 3.44. The molecule has 2 N–H and O–H groups in total. The Hall–Kier alpha value is -2.35. The molecule has 0 aliphatic rings. The standard InChI is InChI=1S/C15H19N3O4S/c1-5-22-15(19)13-14(17-11(4)16-13)18-23(20,21)12-7-6-9(2)8-10(12)3/h6-8,18H,5H2,1-4H3,(H,16,17). The zero-order valence-electron chi connectivity index (χ0n) is 13.4. The second kappa shape index (κ2) is 6.41. The first kappa shape index (κ1) is 17.0. The molecule has 8 heteroatoms. The Morgan fingerprint density at radius 2 is 2.00 bits per heavy atom. The fraction of sp³-hybridized carbons (Fsp3) is 0.333. The molecule has 0 fully saturated rings. The van der Waals surface area contributed by atoms with Gasteiger partial charge in [-0.1, -0.05) is 17.7 Å².